The summed E-state index contributed by atoms with van der Waals surface area (Å²) in [5, 5.41) is 18.4. The standard InChI is InChI=1S/C12H26O3/c1-5-12(8-13,9-14)10-15-7-6-11(2,3)4/h13-14H,5-10H2,1-4H3. The van der Waals surface area contributed by atoms with Gasteiger partial charge in [-0.15, -0.1) is 0 Å². The molecule has 0 aliphatic carbocycles. The molecule has 15 heavy (non-hydrogen) atoms. The van der Waals surface area contributed by atoms with Crippen molar-refractivity contribution in [1.82, 2.24) is 0 Å². The van der Waals surface area contributed by atoms with Crippen LogP contribution in [0.3, 0.4) is 0 Å². The van der Waals surface area contributed by atoms with E-state index in [9.17, 15) is 10.2 Å². The predicted octanol–water partition coefficient (Wildman–Crippen LogP) is 1.82. The van der Waals surface area contributed by atoms with Crippen LogP contribution in [0.4, 0.5) is 0 Å². The Morgan fingerprint density at radius 3 is 1.93 bits per heavy atom. The molecule has 0 fully saturated rings. The van der Waals surface area contributed by atoms with Crippen LogP contribution in [-0.2, 0) is 4.74 Å². The van der Waals surface area contributed by atoms with Crippen molar-refractivity contribution < 1.29 is 14.9 Å². The van der Waals surface area contributed by atoms with Gasteiger partial charge >= 0.3 is 0 Å². The van der Waals surface area contributed by atoms with Gasteiger partial charge in [0.05, 0.1) is 19.8 Å². The van der Waals surface area contributed by atoms with Gasteiger partial charge in [0.1, 0.15) is 0 Å². The summed E-state index contributed by atoms with van der Waals surface area (Å²) in [6.45, 7) is 9.55. The number of aliphatic hydroxyl groups is 2. The highest BCUT2D eigenvalue weighted by Gasteiger charge is 2.27. The van der Waals surface area contributed by atoms with Gasteiger partial charge in [0.15, 0.2) is 0 Å². The molecule has 3 nitrogen and oxygen atoms in total. The van der Waals surface area contributed by atoms with Crippen LogP contribution >= 0.6 is 0 Å². The van der Waals surface area contributed by atoms with Crippen molar-refractivity contribution >= 4 is 0 Å². The Hall–Kier alpha value is -0.120. The van der Waals surface area contributed by atoms with Gasteiger partial charge in [-0.2, -0.15) is 0 Å². The summed E-state index contributed by atoms with van der Waals surface area (Å²) in [6, 6.07) is 0. The Bertz CT molecular complexity index is 148. The third-order valence-corrected chi connectivity index (χ3v) is 2.83. The molecule has 0 heterocycles. The Morgan fingerprint density at radius 2 is 1.60 bits per heavy atom. The van der Waals surface area contributed by atoms with E-state index in [1.54, 1.807) is 0 Å². The summed E-state index contributed by atoms with van der Waals surface area (Å²) in [5.41, 5.74) is -0.189. The molecule has 0 saturated carbocycles. The first-order valence-corrected chi connectivity index (χ1v) is 5.68. The van der Waals surface area contributed by atoms with Crippen molar-refractivity contribution in [3.8, 4) is 0 Å². The van der Waals surface area contributed by atoms with Crippen molar-refractivity contribution in [3.63, 3.8) is 0 Å². The lowest BCUT2D eigenvalue weighted by Crippen LogP contribution is -2.34. The topological polar surface area (TPSA) is 49.7 Å². The molecule has 0 radical (unpaired) electrons. The minimum Gasteiger partial charge on any atom is -0.396 e. The first-order valence-electron chi connectivity index (χ1n) is 5.68. The van der Waals surface area contributed by atoms with Gasteiger partial charge < -0.3 is 14.9 Å². The molecule has 0 bridgehead atoms. The maximum atomic E-state index is 9.20. The molecule has 0 saturated heterocycles. The lowest BCUT2D eigenvalue weighted by Gasteiger charge is -2.28. The van der Waals surface area contributed by atoms with Gasteiger partial charge in [0.2, 0.25) is 0 Å². The van der Waals surface area contributed by atoms with Gasteiger partial charge in [-0.3, -0.25) is 0 Å². The zero-order chi connectivity index (χ0) is 11.9. The van der Waals surface area contributed by atoms with Crippen LogP contribution in [0.2, 0.25) is 0 Å². The number of hydrogen-bond acceptors (Lipinski definition) is 3. The molecular formula is C12H26O3. The molecule has 0 atom stereocenters. The van der Waals surface area contributed by atoms with Gasteiger partial charge in [-0.05, 0) is 18.3 Å². The lowest BCUT2D eigenvalue weighted by molar-refractivity contribution is -0.0344. The average molecular weight is 218 g/mol. The van der Waals surface area contributed by atoms with Gasteiger partial charge in [-0.1, -0.05) is 27.7 Å². The third kappa shape index (κ3) is 6.13. The summed E-state index contributed by atoms with van der Waals surface area (Å²) in [6.07, 6.45) is 1.72. The molecular weight excluding hydrogens is 192 g/mol. The van der Waals surface area contributed by atoms with Crippen molar-refractivity contribution in [1.29, 1.82) is 0 Å². The second-order valence-electron chi connectivity index (χ2n) is 5.53. The zero-order valence-electron chi connectivity index (χ0n) is 10.5. The second kappa shape index (κ2) is 6.46. The minimum absolute atomic E-state index is 0.0183. The van der Waals surface area contributed by atoms with E-state index in [0.717, 1.165) is 12.8 Å². The molecule has 2 N–H and O–H groups in total. The fraction of sp³-hybridized carbons (Fsp3) is 1.00. The van der Waals surface area contributed by atoms with Crippen LogP contribution in [-0.4, -0.2) is 36.6 Å². The largest absolute Gasteiger partial charge is 0.396 e. The maximum Gasteiger partial charge on any atom is 0.0566 e. The monoisotopic (exact) mass is 218 g/mol. The predicted molar refractivity (Wildman–Crippen MR) is 61.8 cm³/mol. The second-order valence-corrected chi connectivity index (χ2v) is 5.53. The Kier molecular flexibility index (Phi) is 6.41. The smallest absolute Gasteiger partial charge is 0.0566 e. The van der Waals surface area contributed by atoms with Gasteiger partial charge in [-0.25, -0.2) is 0 Å². The molecule has 0 aliphatic heterocycles. The molecule has 0 spiro atoms. The lowest BCUT2D eigenvalue weighted by atomic mass is 9.88. The number of hydrogen-bond donors (Lipinski definition) is 2. The van der Waals surface area contributed by atoms with Crippen LogP contribution in [0, 0.1) is 10.8 Å². The summed E-state index contributed by atoms with van der Waals surface area (Å²) in [5.74, 6) is 0. The van der Waals surface area contributed by atoms with E-state index in [0.29, 0.717) is 13.2 Å². The van der Waals surface area contributed by atoms with E-state index in [1.165, 1.54) is 0 Å². The fourth-order valence-corrected chi connectivity index (χ4v) is 1.13. The molecule has 92 valence electrons. The number of rotatable bonds is 7. The molecule has 0 aromatic rings. The van der Waals surface area contributed by atoms with Gasteiger partial charge in [0, 0.05) is 12.0 Å². The Morgan fingerprint density at radius 1 is 1.07 bits per heavy atom. The summed E-state index contributed by atoms with van der Waals surface area (Å²) < 4.78 is 5.53. The van der Waals surface area contributed by atoms with E-state index in [2.05, 4.69) is 20.8 Å². The van der Waals surface area contributed by atoms with E-state index < -0.39 is 5.41 Å². The molecule has 0 rings (SSSR count). The Labute approximate surface area is 93.5 Å². The maximum absolute atomic E-state index is 9.20. The molecule has 0 amide bonds. The van der Waals surface area contributed by atoms with E-state index >= 15 is 0 Å². The average Bonchev–Trinajstić information content (AvgIpc) is 2.18. The first-order chi connectivity index (χ1) is 6.89. The number of aliphatic hydroxyl groups excluding tert-OH is 2. The highest BCUT2D eigenvalue weighted by molar-refractivity contribution is 4.75. The van der Waals surface area contributed by atoms with Crippen molar-refractivity contribution in [3.05, 3.63) is 0 Å². The summed E-state index contributed by atoms with van der Waals surface area (Å²) >= 11 is 0. The molecule has 0 aromatic heterocycles. The zero-order valence-corrected chi connectivity index (χ0v) is 10.5. The van der Waals surface area contributed by atoms with Crippen molar-refractivity contribution in [2.45, 2.75) is 40.5 Å². The highest BCUT2D eigenvalue weighted by Crippen LogP contribution is 2.22. The van der Waals surface area contributed by atoms with Crippen LogP contribution in [0.25, 0.3) is 0 Å². The summed E-state index contributed by atoms with van der Waals surface area (Å²) in [7, 11) is 0. The first kappa shape index (κ1) is 14.9. The summed E-state index contributed by atoms with van der Waals surface area (Å²) in [4.78, 5) is 0. The van der Waals surface area contributed by atoms with E-state index in [4.69, 9.17) is 4.74 Å². The fourth-order valence-electron chi connectivity index (χ4n) is 1.13. The van der Waals surface area contributed by atoms with E-state index in [-0.39, 0.29) is 18.6 Å². The van der Waals surface area contributed by atoms with Crippen molar-refractivity contribution in [2.24, 2.45) is 10.8 Å². The molecule has 0 aliphatic rings. The van der Waals surface area contributed by atoms with Crippen LogP contribution in [0.15, 0.2) is 0 Å². The molecule has 3 heteroatoms. The third-order valence-electron chi connectivity index (χ3n) is 2.83. The minimum atomic E-state index is -0.460. The molecule has 0 aromatic carbocycles. The van der Waals surface area contributed by atoms with Crippen LogP contribution in [0.1, 0.15) is 40.5 Å². The normalized spacial score (nSPS) is 13.2. The Balaban J connectivity index is 3.82. The quantitative estimate of drug-likeness (QED) is 0.641. The highest BCUT2D eigenvalue weighted by atomic mass is 16.5. The van der Waals surface area contributed by atoms with Crippen LogP contribution < -0.4 is 0 Å². The van der Waals surface area contributed by atoms with E-state index in [1.807, 2.05) is 6.92 Å². The van der Waals surface area contributed by atoms with Crippen LogP contribution in [0.5, 0.6) is 0 Å². The van der Waals surface area contributed by atoms with Crippen molar-refractivity contribution in [2.75, 3.05) is 26.4 Å². The van der Waals surface area contributed by atoms with Gasteiger partial charge in [0.25, 0.3) is 0 Å². The molecule has 0 unspecified atom stereocenters. The SMILES string of the molecule is CCC(CO)(CO)COCCC(C)(C)C. The number of ether oxygens (including phenoxy) is 1.